The summed E-state index contributed by atoms with van der Waals surface area (Å²) in [5.74, 6) is 1.57. The maximum atomic E-state index is 13.1. The highest BCUT2D eigenvalue weighted by atomic mass is 16.5. The van der Waals surface area contributed by atoms with Crippen molar-refractivity contribution in [2.45, 2.75) is 32.6 Å². The highest BCUT2D eigenvalue weighted by Gasteiger charge is 2.34. The zero-order valence-corrected chi connectivity index (χ0v) is 15.5. The van der Waals surface area contributed by atoms with Gasteiger partial charge < -0.3 is 9.64 Å². The molecule has 0 unspecified atom stereocenters. The van der Waals surface area contributed by atoms with Crippen LogP contribution in [0.2, 0.25) is 0 Å². The number of nitrogens with zero attached hydrogens (tertiary/aromatic N) is 3. The fourth-order valence-corrected chi connectivity index (χ4v) is 4.04. The quantitative estimate of drug-likeness (QED) is 0.856. The summed E-state index contributed by atoms with van der Waals surface area (Å²) in [6, 6.07) is 10.7. The Morgan fingerprint density at radius 1 is 1.32 bits per heavy atom. The van der Waals surface area contributed by atoms with Crippen LogP contribution >= 0.6 is 0 Å². The van der Waals surface area contributed by atoms with Crippen LogP contribution in [0.5, 0.6) is 5.88 Å². The Balaban J connectivity index is 1.81. The van der Waals surface area contributed by atoms with E-state index < -0.39 is 0 Å². The molecular formula is C20H27N3O2. The smallest absolute Gasteiger partial charge is 0.261 e. The number of carbonyl (C=O) groups is 1. The minimum Gasteiger partial charge on any atom is -0.481 e. The minimum atomic E-state index is 0.0346. The molecule has 5 nitrogen and oxygen atoms in total. The third-order valence-corrected chi connectivity index (χ3v) is 5.35. The number of benzene rings is 1. The van der Waals surface area contributed by atoms with Gasteiger partial charge in [0.25, 0.3) is 5.91 Å². The molecule has 2 aromatic rings. The molecule has 2 heterocycles. The fourth-order valence-electron chi connectivity index (χ4n) is 4.04. The Labute approximate surface area is 149 Å². The Morgan fingerprint density at radius 2 is 2.04 bits per heavy atom. The minimum absolute atomic E-state index is 0.0346. The van der Waals surface area contributed by atoms with Crippen molar-refractivity contribution in [2.75, 3.05) is 20.2 Å². The topological polar surface area (TPSA) is 47.4 Å². The highest BCUT2D eigenvalue weighted by Crippen LogP contribution is 2.36. The van der Waals surface area contributed by atoms with Crippen molar-refractivity contribution in [1.82, 2.24) is 14.7 Å². The second-order valence-electron chi connectivity index (χ2n) is 6.82. The van der Waals surface area contributed by atoms with Crippen LogP contribution in [0, 0.1) is 12.8 Å². The Morgan fingerprint density at radius 3 is 2.68 bits per heavy atom. The zero-order chi connectivity index (χ0) is 18.0. The summed E-state index contributed by atoms with van der Waals surface area (Å²) in [4.78, 5) is 15.1. The lowest BCUT2D eigenvalue weighted by Crippen LogP contribution is -2.43. The number of aromatic nitrogens is 2. The predicted molar refractivity (Wildman–Crippen MR) is 98.0 cm³/mol. The average molecular weight is 341 g/mol. The van der Waals surface area contributed by atoms with Gasteiger partial charge in [-0.2, -0.15) is 5.10 Å². The van der Waals surface area contributed by atoms with Crippen molar-refractivity contribution >= 4 is 5.91 Å². The van der Waals surface area contributed by atoms with Gasteiger partial charge in [0.15, 0.2) is 0 Å². The lowest BCUT2D eigenvalue weighted by Gasteiger charge is -2.38. The first-order valence-electron chi connectivity index (χ1n) is 8.98. The number of rotatable bonds is 4. The van der Waals surface area contributed by atoms with E-state index in [1.54, 1.807) is 18.8 Å². The molecule has 0 bridgehead atoms. The predicted octanol–water partition coefficient (Wildman–Crippen LogP) is 3.39. The molecule has 1 aliphatic heterocycles. The highest BCUT2D eigenvalue weighted by molar-refractivity contribution is 5.97. The van der Waals surface area contributed by atoms with Gasteiger partial charge in [0, 0.05) is 20.1 Å². The molecule has 1 amide bonds. The SMILES string of the molecule is CC[C@@H]1CN(C(=O)c2c(C)nn(C)c2OC)CC[C@H]1c1ccccc1. The molecule has 5 heteroatoms. The maximum Gasteiger partial charge on any atom is 0.261 e. The molecule has 2 atom stereocenters. The summed E-state index contributed by atoms with van der Waals surface area (Å²) >= 11 is 0. The number of piperidine rings is 1. The number of ether oxygens (including phenoxy) is 1. The number of amides is 1. The molecule has 0 saturated carbocycles. The van der Waals surface area contributed by atoms with E-state index in [0.717, 1.165) is 31.6 Å². The van der Waals surface area contributed by atoms with Crippen molar-refractivity contribution in [3.63, 3.8) is 0 Å². The third-order valence-electron chi connectivity index (χ3n) is 5.35. The number of hydrogen-bond donors (Lipinski definition) is 0. The van der Waals surface area contributed by atoms with Crippen LogP contribution in [0.1, 0.15) is 47.3 Å². The molecular weight excluding hydrogens is 314 g/mol. The molecule has 0 spiro atoms. The number of hydrogen-bond acceptors (Lipinski definition) is 3. The number of methoxy groups -OCH3 is 1. The van der Waals surface area contributed by atoms with Crippen LogP contribution in [-0.2, 0) is 7.05 Å². The van der Waals surface area contributed by atoms with E-state index in [9.17, 15) is 4.79 Å². The van der Waals surface area contributed by atoms with Crippen LogP contribution in [0.4, 0.5) is 0 Å². The maximum absolute atomic E-state index is 13.1. The Bertz CT molecular complexity index is 739. The van der Waals surface area contributed by atoms with E-state index in [2.05, 4.69) is 42.4 Å². The van der Waals surface area contributed by atoms with Gasteiger partial charge in [-0.3, -0.25) is 4.79 Å². The van der Waals surface area contributed by atoms with E-state index >= 15 is 0 Å². The molecule has 134 valence electrons. The molecule has 1 saturated heterocycles. The van der Waals surface area contributed by atoms with E-state index in [0.29, 0.717) is 23.3 Å². The van der Waals surface area contributed by atoms with E-state index in [1.165, 1.54) is 5.56 Å². The molecule has 0 N–H and O–H groups in total. The fraction of sp³-hybridized carbons (Fsp3) is 0.500. The van der Waals surface area contributed by atoms with Crippen LogP contribution in [0.3, 0.4) is 0 Å². The zero-order valence-electron chi connectivity index (χ0n) is 15.5. The van der Waals surface area contributed by atoms with E-state index in [-0.39, 0.29) is 5.91 Å². The first-order chi connectivity index (χ1) is 12.1. The summed E-state index contributed by atoms with van der Waals surface area (Å²) < 4.78 is 7.04. The summed E-state index contributed by atoms with van der Waals surface area (Å²) in [7, 11) is 3.39. The lowest BCUT2D eigenvalue weighted by molar-refractivity contribution is 0.0641. The largest absolute Gasteiger partial charge is 0.481 e. The number of likely N-dealkylation sites (tertiary alicyclic amines) is 1. The average Bonchev–Trinajstić information content (AvgIpc) is 2.94. The normalized spacial score (nSPS) is 20.6. The van der Waals surface area contributed by atoms with Gasteiger partial charge in [-0.1, -0.05) is 43.7 Å². The van der Waals surface area contributed by atoms with Gasteiger partial charge in [-0.25, -0.2) is 4.68 Å². The van der Waals surface area contributed by atoms with Crippen molar-refractivity contribution in [2.24, 2.45) is 13.0 Å². The van der Waals surface area contributed by atoms with Crippen LogP contribution in [-0.4, -0.2) is 40.8 Å². The summed E-state index contributed by atoms with van der Waals surface area (Å²) in [5, 5.41) is 4.34. The van der Waals surface area contributed by atoms with Gasteiger partial charge in [0.05, 0.1) is 12.8 Å². The molecule has 1 aliphatic rings. The first kappa shape index (κ1) is 17.5. The van der Waals surface area contributed by atoms with Gasteiger partial charge in [-0.15, -0.1) is 0 Å². The summed E-state index contributed by atoms with van der Waals surface area (Å²) in [6.07, 6.45) is 2.06. The molecule has 1 aromatic heterocycles. The van der Waals surface area contributed by atoms with Gasteiger partial charge in [0.1, 0.15) is 5.56 Å². The molecule has 25 heavy (non-hydrogen) atoms. The number of carbonyl (C=O) groups excluding carboxylic acids is 1. The van der Waals surface area contributed by atoms with E-state index in [1.807, 2.05) is 11.8 Å². The van der Waals surface area contributed by atoms with Gasteiger partial charge in [-0.05, 0) is 30.7 Å². The molecule has 0 radical (unpaired) electrons. The third kappa shape index (κ3) is 3.28. The second kappa shape index (κ2) is 7.30. The van der Waals surface area contributed by atoms with Crippen molar-refractivity contribution in [3.05, 3.63) is 47.2 Å². The lowest BCUT2D eigenvalue weighted by atomic mass is 9.79. The molecule has 3 rings (SSSR count). The monoisotopic (exact) mass is 341 g/mol. The molecule has 0 aliphatic carbocycles. The molecule has 1 fully saturated rings. The van der Waals surface area contributed by atoms with Crippen molar-refractivity contribution in [3.8, 4) is 5.88 Å². The second-order valence-corrected chi connectivity index (χ2v) is 6.82. The first-order valence-corrected chi connectivity index (χ1v) is 8.98. The van der Waals surface area contributed by atoms with Crippen LogP contribution in [0.25, 0.3) is 0 Å². The van der Waals surface area contributed by atoms with Crippen molar-refractivity contribution < 1.29 is 9.53 Å². The summed E-state index contributed by atoms with van der Waals surface area (Å²) in [6.45, 7) is 5.63. The van der Waals surface area contributed by atoms with E-state index in [4.69, 9.17) is 4.74 Å². The Hall–Kier alpha value is -2.30. The molecule has 1 aromatic carbocycles. The number of aryl methyl sites for hydroxylation is 2. The standard InChI is InChI=1S/C20H27N3O2/c1-5-15-13-23(12-11-17(15)16-9-7-6-8-10-16)19(24)18-14(2)21-22(3)20(18)25-4/h6-10,15,17H,5,11-13H2,1-4H3/t15-,17-/m1/s1. The van der Waals surface area contributed by atoms with Gasteiger partial charge in [0.2, 0.25) is 5.88 Å². The Kier molecular flexibility index (Phi) is 5.11. The van der Waals surface area contributed by atoms with Gasteiger partial charge >= 0.3 is 0 Å². The van der Waals surface area contributed by atoms with Crippen molar-refractivity contribution in [1.29, 1.82) is 0 Å². The summed E-state index contributed by atoms with van der Waals surface area (Å²) in [5.41, 5.74) is 2.71. The van der Waals surface area contributed by atoms with Crippen LogP contribution < -0.4 is 4.74 Å². The van der Waals surface area contributed by atoms with Crippen LogP contribution in [0.15, 0.2) is 30.3 Å².